The van der Waals surface area contributed by atoms with E-state index in [1.807, 2.05) is 19.1 Å². The highest BCUT2D eigenvalue weighted by Crippen LogP contribution is 2.34. The largest absolute Gasteiger partial charge is 0.455 e. The number of anilines is 2. The standard InChI is InChI=1S/C21H18ClF3N2O4/c1-12-3-2-4-15(7-12)27-10-13(8-19(27)29)20(30)31-11-18(28)26-17-9-14(21(23,24)25)5-6-16(17)22/h2-7,9,13H,8,10-11H2,1H3,(H,26,28)/t13-/m0/s1. The molecule has 1 fully saturated rings. The molecule has 164 valence electrons. The van der Waals surface area contributed by atoms with Gasteiger partial charge in [0.15, 0.2) is 6.61 Å². The van der Waals surface area contributed by atoms with E-state index >= 15 is 0 Å². The molecule has 2 amide bonds. The van der Waals surface area contributed by atoms with Crippen molar-refractivity contribution in [3.8, 4) is 0 Å². The van der Waals surface area contributed by atoms with Gasteiger partial charge in [0, 0.05) is 18.7 Å². The average molecular weight is 455 g/mol. The Morgan fingerprint density at radius 3 is 2.65 bits per heavy atom. The van der Waals surface area contributed by atoms with Crippen LogP contribution in [0.25, 0.3) is 0 Å². The molecule has 0 spiro atoms. The molecule has 6 nitrogen and oxygen atoms in total. The summed E-state index contributed by atoms with van der Waals surface area (Å²) in [6.45, 7) is 1.27. The Morgan fingerprint density at radius 2 is 1.97 bits per heavy atom. The van der Waals surface area contributed by atoms with Crippen LogP contribution in [0.4, 0.5) is 24.5 Å². The first-order valence-electron chi connectivity index (χ1n) is 9.25. The van der Waals surface area contributed by atoms with Gasteiger partial charge >= 0.3 is 12.1 Å². The number of alkyl halides is 3. The molecule has 2 aromatic carbocycles. The predicted octanol–water partition coefficient (Wildman–Crippen LogP) is 4.20. The van der Waals surface area contributed by atoms with Gasteiger partial charge in [-0.2, -0.15) is 13.2 Å². The number of esters is 1. The summed E-state index contributed by atoms with van der Waals surface area (Å²) in [6, 6.07) is 9.74. The maximum absolute atomic E-state index is 12.8. The third kappa shape index (κ3) is 5.55. The van der Waals surface area contributed by atoms with E-state index in [1.54, 1.807) is 12.1 Å². The van der Waals surface area contributed by atoms with Crippen molar-refractivity contribution in [1.82, 2.24) is 0 Å². The fourth-order valence-corrected chi connectivity index (χ4v) is 3.31. The Morgan fingerprint density at radius 1 is 1.23 bits per heavy atom. The van der Waals surface area contributed by atoms with E-state index in [0.29, 0.717) is 11.8 Å². The van der Waals surface area contributed by atoms with Gasteiger partial charge in [0.05, 0.1) is 22.2 Å². The molecule has 3 rings (SSSR count). The lowest BCUT2D eigenvalue weighted by molar-refractivity contribution is -0.151. The van der Waals surface area contributed by atoms with Gasteiger partial charge in [0.25, 0.3) is 5.91 Å². The Kier molecular flexibility index (Phi) is 6.54. The Labute approximate surface area is 180 Å². The van der Waals surface area contributed by atoms with Crippen LogP contribution in [0, 0.1) is 12.8 Å². The minimum atomic E-state index is -4.60. The van der Waals surface area contributed by atoms with Gasteiger partial charge in [-0.15, -0.1) is 0 Å². The van der Waals surface area contributed by atoms with Crippen molar-refractivity contribution in [2.75, 3.05) is 23.4 Å². The van der Waals surface area contributed by atoms with Crippen LogP contribution in [0.2, 0.25) is 5.02 Å². The molecule has 0 radical (unpaired) electrons. The zero-order valence-corrected chi connectivity index (χ0v) is 17.1. The maximum Gasteiger partial charge on any atom is 0.416 e. The summed E-state index contributed by atoms with van der Waals surface area (Å²) in [5.74, 6) is -2.59. The molecule has 1 atom stereocenters. The van der Waals surface area contributed by atoms with Crippen molar-refractivity contribution in [2.45, 2.75) is 19.5 Å². The second-order valence-corrected chi connectivity index (χ2v) is 7.50. The number of nitrogens with one attached hydrogen (secondary N) is 1. The normalized spacial score (nSPS) is 16.4. The van der Waals surface area contributed by atoms with Crippen LogP contribution in [0.1, 0.15) is 17.5 Å². The number of halogens is 4. The third-order valence-corrected chi connectivity index (χ3v) is 5.01. The zero-order chi connectivity index (χ0) is 22.8. The lowest BCUT2D eigenvalue weighted by Gasteiger charge is -2.17. The van der Waals surface area contributed by atoms with Gasteiger partial charge in [0.2, 0.25) is 5.91 Å². The van der Waals surface area contributed by atoms with E-state index in [0.717, 1.165) is 17.7 Å². The molecule has 0 unspecified atom stereocenters. The number of carbonyl (C=O) groups is 3. The van der Waals surface area contributed by atoms with Gasteiger partial charge in [-0.1, -0.05) is 23.7 Å². The lowest BCUT2D eigenvalue weighted by atomic mass is 10.1. The number of ether oxygens (including phenoxy) is 1. The number of carbonyl (C=O) groups excluding carboxylic acids is 3. The molecule has 2 aromatic rings. The molecule has 0 saturated carbocycles. The highest BCUT2D eigenvalue weighted by Gasteiger charge is 2.36. The van der Waals surface area contributed by atoms with E-state index < -0.39 is 36.1 Å². The van der Waals surface area contributed by atoms with Crippen molar-refractivity contribution < 1.29 is 32.3 Å². The summed E-state index contributed by atoms with van der Waals surface area (Å²) in [4.78, 5) is 38.1. The molecular weight excluding hydrogens is 437 g/mol. The van der Waals surface area contributed by atoms with Gasteiger partial charge in [0.1, 0.15) is 0 Å². The summed E-state index contributed by atoms with van der Waals surface area (Å²) >= 11 is 5.83. The minimum Gasteiger partial charge on any atom is -0.455 e. The number of rotatable bonds is 5. The quantitative estimate of drug-likeness (QED) is 0.687. The molecule has 1 heterocycles. The summed E-state index contributed by atoms with van der Waals surface area (Å²) in [5.41, 5.74) is 0.391. The second kappa shape index (κ2) is 8.97. The molecule has 0 aromatic heterocycles. The summed E-state index contributed by atoms with van der Waals surface area (Å²) < 4.78 is 43.4. The van der Waals surface area contributed by atoms with Crippen LogP contribution in [0.3, 0.4) is 0 Å². The number of hydrogen-bond acceptors (Lipinski definition) is 4. The maximum atomic E-state index is 12.8. The molecule has 1 saturated heterocycles. The van der Waals surface area contributed by atoms with Crippen LogP contribution in [0.15, 0.2) is 42.5 Å². The lowest BCUT2D eigenvalue weighted by Crippen LogP contribution is -2.28. The van der Waals surface area contributed by atoms with Crippen molar-refractivity contribution in [3.05, 3.63) is 58.6 Å². The molecule has 0 bridgehead atoms. The second-order valence-electron chi connectivity index (χ2n) is 7.09. The van der Waals surface area contributed by atoms with Crippen molar-refractivity contribution in [3.63, 3.8) is 0 Å². The topological polar surface area (TPSA) is 75.7 Å². The van der Waals surface area contributed by atoms with Gasteiger partial charge in [-0.25, -0.2) is 0 Å². The minimum absolute atomic E-state index is 0.0617. The molecular formula is C21H18ClF3N2O4. The van der Waals surface area contributed by atoms with Crippen molar-refractivity contribution in [1.29, 1.82) is 0 Å². The number of aryl methyl sites for hydroxylation is 1. The third-order valence-electron chi connectivity index (χ3n) is 4.68. The molecule has 1 aliphatic heterocycles. The molecule has 1 N–H and O–H groups in total. The van der Waals surface area contributed by atoms with Crippen molar-refractivity contribution in [2.24, 2.45) is 5.92 Å². The monoisotopic (exact) mass is 454 g/mol. The highest BCUT2D eigenvalue weighted by molar-refractivity contribution is 6.33. The SMILES string of the molecule is Cc1cccc(N2C[C@@H](C(=O)OCC(=O)Nc3cc(C(F)(F)F)ccc3Cl)CC2=O)c1. The first-order valence-corrected chi connectivity index (χ1v) is 9.62. The Balaban J connectivity index is 1.56. The molecule has 10 heteroatoms. The number of amides is 2. The number of nitrogens with zero attached hydrogens (tertiary/aromatic N) is 1. The van der Waals surface area contributed by atoms with E-state index in [2.05, 4.69) is 5.32 Å². The van der Waals surface area contributed by atoms with Crippen LogP contribution in [0.5, 0.6) is 0 Å². The fourth-order valence-electron chi connectivity index (χ4n) is 3.15. The van der Waals surface area contributed by atoms with Crippen LogP contribution >= 0.6 is 11.6 Å². The molecule has 31 heavy (non-hydrogen) atoms. The first kappa shape index (κ1) is 22.6. The van der Waals surface area contributed by atoms with E-state index in [1.165, 1.54) is 4.90 Å². The predicted molar refractivity (Wildman–Crippen MR) is 108 cm³/mol. The molecule has 1 aliphatic rings. The Bertz CT molecular complexity index is 1030. The van der Waals surface area contributed by atoms with Crippen LogP contribution in [-0.2, 0) is 25.3 Å². The van der Waals surface area contributed by atoms with Gasteiger partial charge in [-0.3, -0.25) is 14.4 Å². The smallest absolute Gasteiger partial charge is 0.416 e. The summed E-state index contributed by atoms with van der Waals surface area (Å²) in [5, 5.41) is 2.10. The number of hydrogen-bond donors (Lipinski definition) is 1. The summed E-state index contributed by atoms with van der Waals surface area (Å²) in [7, 11) is 0. The first-order chi connectivity index (χ1) is 14.5. The average Bonchev–Trinajstić information content (AvgIpc) is 3.09. The van der Waals surface area contributed by atoms with E-state index in [9.17, 15) is 27.6 Å². The van der Waals surface area contributed by atoms with E-state index in [4.69, 9.17) is 16.3 Å². The zero-order valence-electron chi connectivity index (χ0n) is 16.3. The fraction of sp³-hybridized carbons (Fsp3) is 0.286. The highest BCUT2D eigenvalue weighted by atomic mass is 35.5. The van der Waals surface area contributed by atoms with Gasteiger partial charge < -0.3 is 15.0 Å². The van der Waals surface area contributed by atoms with E-state index in [-0.39, 0.29) is 29.6 Å². The van der Waals surface area contributed by atoms with Crippen LogP contribution in [-0.4, -0.2) is 30.9 Å². The summed E-state index contributed by atoms with van der Waals surface area (Å²) in [6.07, 6.45) is -4.66. The van der Waals surface area contributed by atoms with Gasteiger partial charge in [-0.05, 0) is 42.8 Å². The van der Waals surface area contributed by atoms with Crippen LogP contribution < -0.4 is 10.2 Å². The Hall–Kier alpha value is -3.07. The molecule has 0 aliphatic carbocycles. The number of benzene rings is 2. The van der Waals surface area contributed by atoms with Crippen molar-refractivity contribution >= 4 is 40.8 Å².